The van der Waals surface area contributed by atoms with Crippen molar-refractivity contribution in [1.29, 1.82) is 0 Å². The van der Waals surface area contributed by atoms with Crippen molar-refractivity contribution in [3.8, 4) is 0 Å². The summed E-state index contributed by atoms with van der Waals surface area (Å²) in [6.07, 6.45) is 7.57. The van der Waals surface area contributed by atoms with E-state index in [1.807, 2.05) is 104 Å². The average molecular weight is 837 g/mol. The van der Waals surface area contributed by atoms with E-state index in [0.29, 0.717) is 13.2 Å². The number of allylic oxidation sites excluding steroid dienone is 1. The van der Waals surface area contributed by atoms with Crippen molar-refractivity contribution in [1.82, 2.24) is 0 Å². The van der Waals surface area contributed by atoms with Crippen LogP contribution in [0.4, 0.5) is 4.39 Å². The van der Waals surface area contributed by atoms with E-state index in [1.54, 1.807) is 0 Å². The molecule has 10 heteroatoms. The molecule has 1 saturated heterocycles. The van der Waals surface area contributed by atoms with Crippen molar-refractivity contribution in [2.24, 2.45) is 0 Å². The SMILES string of the molecule is CCCCCCC(C/C=C/CCCO[Si](C)(C)C(C)(C)C)O[Si](C)(C)O[C@@H]1[C@@H](OCc2ccccc2)[C@H](OCc2ccccc2)[C@@H](COCc2ccccc2)O[C@H]1F. The summed E-state index contributed by atoms with van der Waals surface area (Å²) in [6, 6.07) is 29.8. The van der Waals surface area contributed by atoms with Crippen LogP contribution in [0.15, 0.2) is 103 Å². The van der Waals surface area contributed by atoms with Crippen LogP contribution in [0, 0.1) is 0 Å². The molecule has 1 aliphatic rings. The van der Waals surface area contributed by atoms with Gasteiger partial charge in [0.25, 0.3) is 0 Å². The van der Waals surface area contributed by atoms with Crippen molar-refractivity contribution in [3.63, 3.8) is 0 Å². The molecule has 4 rings (SSSR count). The summed E-state index contributed by atoms with van der Waals surface area (Å²) in [5, 5.41) is 0.207. The smallest absolute Gasteiger partial charge is 0.332 e. The first-order chi connectivity index (χ1) is 27.8. The Hall–Kier alpha value is -2.52. The summed E-state index contributed by atoms with van der Waals surface area (Å²) < 4.78 is 62.3. The molecule has 1 unspecified atom stereocenters. The second kappa shape index (κ2) is 24.7. The van der Waals surface area contributed by atoms with Gasteiger partial charge in [0.1, 0.15) is 24.4 Å². The molecule has 0 amide bonds. The van der Waals surface area contributed by atoms with Crippen LogP contribution >= 0.6 is 0 Å². The van der Waals surface area contributed by atoms with Crippen molar-refractivity contribution in [2.45, 2.75) is 167 Å². The third-order valence-corrected chi connectivity index (χ3v) is 17.4. The fourth-order valence-corrected chi connectivity index (χ4v) is 9.86. The Bertz CT molecular complexity index is 1550. The summed E-state index contributed by atoms with van der Waals surface area (Å²) in [5.74, 6) is 0. The van der Waals surface area contributed by atoms with E-state index in [1.165, 1.54) is 12.8 Å². The Kier molecular flexibility index (Phi) is 20.5. The summed E-state index contributed by atoms with van der Waals surface area (Å²) >= 11 is 0. The zero-order valence-corrected chi connectivity index (χ0v) is 38.7. The third-order valence-electron chi connectivity index (χ3n) is 11.1. The van der Waals surface area contributed by atoms with Crippen LogP contribution < -0.4 is 0 Å². The van der Waals surface area contributed by atoms with E-state index in [0.717, 1.165) is 61.8 Å². The normalized spacial score (nSPS) is 21.1. The van der Waals surface area contributed by atoms with E-state index < -0.39 is 47.7 Å². The monoisotopic (exact) mass is 836 g/mol. The van der Waals surface area contributed by atoms with E-state index >= 15 is 4.39 Å². The van der Waals surface area contributed by atoms with Gasteiger partial charge in [-0.15, -0.1) is 0 Å². The molecule has 0 bridgehead atoms. The van der Waals surface area contributed by atoms with Crippen LogP contribution in [0.25, 0.3) is 0 Å². The number of halogens is 1. The van der Waals surface area contributed by atoms with Crippen molar-refractivity contribution in [2.75, 3.05) is 13.2 Å². The highest BCUT2D eigenvalue weighted by atomic mass is 28.4. The molecule has 7 nitrogen and oxygen atoms in total. The number of hydrogen-bond acceptors (Lipinski definition) is 7. The summed E-state index contributed by atoms with van der Waals surface area (Å²) in [7, 11) is -4.73. The second-order valence-electron chi connectivity index (χ2n) is 17.6. The van der Waals surface area contributed by atoms with Crippen molar-refractivity contribution >= 4 is 16.9 Å². The van der Waals surface area contributed by atoms with Gasteiger partial charge in [-0.1, -0.05) is 157 Å². The van der Waals surface area contributed by atoms with Gasteiger partial charge in [-0.2, -0.15) is 0 Å². The number of benzene rings is 3. The van der Waals surface area contributed by atoms with Gasteiger partial charge < -0.3 is 32.2 Å². The first-order valence-electron chi connectivity index (χ1n) is 21.6. The first kappa shape index (κ1) is 48.2. The van der Waals surface area contributed by atoms with E-state index in [2.05, 4.69) is 52.9 Å². The van der Waals surface area contributed by atoms with Gasteiger partial charge >= 0.3 is 8.56 Å². The molecular formula is C48H73FO7Si2. The maximum absolute atomic E-state index is 16.6. The quantitative estimate of drug-likeness (QED) is 0.0453. The van der Waals surface area contributed by atoms with E-state index in [-0.39, 0.29) is 24.4 Å². The Balaban J connectivity index is 1.50. The average Bonchev–Trinajstić information content (AvgIpc) is 3.19. The lowest BCUT2D eigenvalue weighted by Gasteiger charge is -2.46. The highest BCUT2D eigenvalue weighted by Gasteiger charge is 2.51. The Morgan fingerprint density at radius 3 is 1.84 bits per heavy atom. The van der Waals surface area contributed by atoms with Gasteiger partial charge in [-0.3, -0.25) is 0 Å². The minimum Gasteiger partial charge on any atom is -0.417 e. The maximum Gasteiger partial charge on any atom is 0.332 e. The van der Waals surface area contributed by atoms with Gasteiger partial charge in [0, 0.05) is 6.61 Å². The van der Waals surface area contributed by atoms with Gasteiger partial charge in [0.15, 0.2) is 8.32 Å². The molecule has 0 spiro atoms. The van der Waals surface area contributed by atoms with Crippen LogP contribution in [-0.4, -0.2) is 67.0 Å². The largest absolute Gasteiger partial charge is 0.417 e. The highest BCUT2D eigenvalue weighted by Crippen LogP contribution is 2.37. The molecule has 0 aromatic heterocycles. The molecule has 1 aliphatic heterocycles. The summed E-state index contributed by atoms with van der Waals surface area (Å²) in [5.41, 5.74) is 2.99. The van der Waals surface area contributed by atoms with Crippen molar-refractivity contribution < 1.29 is 36.6 Å². The molecule has 3 aromatic carbocycles. The lowest BCUT2D eigenvalue weighted by Crippen LogP contribution is -2.62. The molecule has 0 N–H and O–H groups in total. The molecule has 58 heavy (non-hydrogen) atoms. The van der Waals surface area contributed by atoms with Crippen LogP contribution in [0.3, 0.4) is 0 Å². The molecule has 0 aliphatic carbocycles. The molecule has 1 fully saturated rings. The van der Waals surface area contributed by atoms with Crippen LogP contribution in [-0.2, 0) is 52.0 Å². The first-order valence-corrected chi connectivity index (χ1v) is 27.4. The van der Waals surface area contributed by atoms with Crippen LogP contribution in [0.1, 0.15) is 95.8 Å². The van der Waals surface area contributed by atoms with Gasteiger partial charge in [-0.25, -0.2) is 4.39 Å². The van der Waals surface area contributed by atoms with Crippen LogP contribution in [0.2, 0.25) is 31.2 Å². The lowest BCUT2D eigenvalue weighted by atomic mass is 9.98. The minimum atomic E-state index is -2.98. The second-order valence-corrected chi connectivity index (χ2v) is 25.7. The molecule has 6 atom stereocenters. The van der Waals surface area contributed by atoms with E-state index in [4.69, 9.17) is 32.2 Å². The minimum absolute atomic E-state index is 0.0474. The lowest BCUT2D eigenvalue weighted by molar-refractivity contribution is -0.286. The molecule has 3 aromatic rings. The zero-order chi connectivity index (χ0) is 41.9. The Labute approximate surface area is 352 Å². The molecule has 0 saturated carbocycles. The molecular weight excluding hydrogens is 764 g/mol. The van der Waals surface area contributed by atoms with Gasteiger partial charge in [0.2, 0.25) is 6.36 Å². The van der Waals surface area contributed by atoms with Crippen LogP contribution in [0.5, 0.6) is 0 Å². The maximum atomic E-state index is 16.6. The van der Waals surface area contributed by atoms with Gasteiger partial charge in [0.05, 0.1) is 32.5 Å². The summed E-state index contributed by atoms with van der Waals surface area (Å²) in [6.45, 7) is 19.5. The topological polar surface area (TPSA) is 64.6 Å². The number of unbranched alkanes of at least 4 members (excludes halogenated alkanes) is 4. The third kappa shape index (κ3) is 16.9. The molecule has 1 heterocycles. The number of rotatable bonds is 26. The highest BCUT2D eigenvalue weighted by molar-refractivity contribution is 6.74. The number of ether oxygens (including phenoxy) is 4. The predicted molar refractivity (Wildman–Crippen MR) is 238 cm³/mol. The zero-order valence-electron chi connectivity index (χ0n) is 36.7. The van der Waals surface area contributed by atoms with E-state index in [9.17, 15) is 0 Å². The molecule has 0 radical (unpaired) electrons. The summed E-state index contributed by atoms with van der Waals surface area (Å²) in [4.78, 5) is 0. The number of hydrogen-bond donors (Lipinski definition) is 0. The van der Waals surface area contributed by atoms with Crippen molar-refractivity contribution in [3.05, 3.63) is 120 Å². The predicted octanol–water partition coefficient (Wildman–Crippen LogP) is 12.3. The Morgan fingerprint density at radius 2 is 1.28 bits per heavy atom. The Morgan fingerprint density at radius 1 is 0.707 bits per heavy atom. The standard InChI is InChI=1S/C48H73FO7Si2/c1-9-10-11-23-32-42(33-24-12-13-25-34-53-57(5,6)48(2,3)4)55-58(7,8)56-46-45(52-37-41-30-21-16-22-31-41)44(51-36-40-28-19-15-20-29-40)43(54-47(46)49)38-50-35-39-26-17-14-18-27-39/h12,14-22,24,26-31,42-47H,9-11,13,23,25,32-38H2,1-8H3/b24-12+/t42?,43-,44-,45+,46-,47-/m1/s1. The fourth-order valence-electron chi connectivity index (χ4n) is 6.81. The van der Waals surface area contributed by atoms with Gasteiger partial charge in [-0.05, 0) is 73.6 Å². The number of alkyl halides is 1. The molecule has 322 valence electrons. The fraction of sp³-hybridized carbons (Fsp3) is 0.583.